The van der Waals surface area contributed by atoms with Crippen LogP contribution in [0.5, 0.6) is 0 Å². The summed E-state index contributed by atoms with van der Waals surface area (Å²) in [6.45, 7) is 9.86. The number of unbranched alkanes of at least 4 members (excludes halogenated alkanes) is 1. The summed E-state index contributed by atoms with van der Waals surface area (Å²) in [7, 11) is 1.84. The molecule has 0 amide bonds. The molecule has 1 fully saturated rings. The van der Waals surface area contributed by atoms with Crippen LogP contribution in [0.4, 0.5) is 0 Å². The first-order valence-corrected chi connectivity index (χ1v) is 8.10. The lowest BCUT2D eigenvalue weighted by molar-refractivity contribution is -0.151. The standard InChI is InChI=1S/C16H32N2O2/c1-6-8-11-18(14-9-10-14)13(3)12-16(4,17-5)15(19)20-7-2/h13-14,17H,6-12H2,1-5H3. The number of nitrogens with zero attached hydrogens (tertiary/aromatic N) is 1. The van der Waals surface area contributed by atoms with Gasteiger partial charge >= 0.3 is 5.97 Å². The molecular weight excluding hydrogens is 252 g/mol. The Labute approximate surface area is 124 Å². The molecule has 1 aliphatic carbocycles. The first kappa shape index (κ1) is 17.4. The molecule has 0 radical (unpaired) electrons. The van der Waals surface area contributed by atoms with E-state index in [1.165, 1.54) is 25.7 Å². The molecular formula is C16H32N2O2. The van der Waals surface area contributed by atoms with E-state index in [0.29, 0.717) is 12.6 Å². The Bertz CT molecular complexity index is 305. The molecule has 0 aromatic carbocycles. The second-order valence-electron chi connectivity index (χ2n) is 6.18. The summed E-state index contributed by atoms with van der Waals surface area (Å²) in [6, 6.07) is 1.13. The van der Waals surface area contributed by atoms with Crippen molar-refractivity contribution in [1.29, 1.82) is 0 Å². The molecule has 4 heteroatoms. The van der Waals surface area contributed by atoms with Crippen LogP contribution in [0.25, 0.3) is 0 Å². The van der Waals surface area contributed by atoms with Crippen molar-refractivity contribution in [2.24, 2.45) is 0 Å². The SMILES string of the molecule is CCCCN(C(C)CC(C)(NC)C(=O)OCC)C1CC1. The molecule has 0 aliphatic heterocycles. The van der Waals surface area contributed by atoms with E-state index < -0.39 is 5.54 Å². The Morgan fingerprint density at radius 3 is 2.55 bits per heavy atom. The number of nitrogens with one attached hydrogen (secondary N) is 1. The normalized spacial score (nSPS) is 19.7. The van der Waals surface area contributed by atoms with E-state index >= 15 is 0 Å². The van der Waals surface area contributed by atoms with Gasteiger partial charge in [0.05, 0.1) is 6.61 Å². The first-order valence-electron chi connectivity index (χ1n) is 8.10. The van der Waals surface area contributed by atoms with E-state index in [-0.39, 0.29) is 5.97 Å². The van der Waals surface area contributed by atoms with Gasteiger partial charge < -0.3 is 10.1 Å². The van der Waals surface area contributed by atoms with Gasteiger partial charge in [-0.05, 0) is 60.0 Å². The van der Waals surface area contributed by atoms with Gasteiger partial charge in [0.15, 0.2) is 0 Å². The maximum atomic E-state index is 12.2. The molecule has 0 heterocycles. The molecule has 118 valence electrons. The van der Waals surface area contributed by atoms with E-state index in [0.717, 1.165) is 19.0 Å². The van der Waals surface area contributed by atoms with E-state index in [4.69, 9.17) is 4.74 Å². The number of ether oxygens (including phenoxy) is 1. The van der Waals surface area contributed by atoms with Gasteiger partial charge in [-0.1, -0.05) is 13.3 Å². The maximum Gasteiger partial charge on any atom is 0.326 e. The monoisotopic (exact) mass is 284 g/mol. The van der Waals surface area contributed by atoms with Crippen molar-refractivity contribution >= 4 is 5.97 Å². The molecule has 0 aromatic heterocycles. The van der Waals surface area contributed by atoms with Gasteiger partial charge in [-0.15, -0.1) is 0 Å². The second kappa shape index (κ2) is 7.99. The summed E-state index contributed by atoms with van der Waals surface area (Å²) < 4.78 is 5.22. The molecule has 1 aliphatic rings. The topological polar surface area (TPSA) is 41.6 Å². The minimum Gasteiger partial charge on any atom is -0.465 e. The minimum absolute atomic E-state index is 0.138. The van der Waals surface area contributed by atoms with Gasteiger partial charge in [-0.25, -0.2) is 0 Å². The van der Waals surface area contributed by atoms with Crippen molar-refractivity contribution in [3.8, 4) is 0 Å². The van der Waals surface area contributed by atoms with Crippen LogP contribution in [0.3, 0.4) is 0 Å². The van der Waals surface area contributed by atoms with Crippen LogP contribution in [0, 0.1) is 0 Å². The van der Waals surface area contributed by atoms with E-state index in [1.54, 1.807) is 0 Å². The molecule has 1 rings (SSSR count). The summed E-state index contributed by atoms with van der Waals surface area (Å²) in [5, 5.41) is 3.16. The largest absolute Gasteiger partial charge is 0.465 e. The fraction of sp³-hybridized carbons (Fsp3) is 0.938. The Hall–Kier alpha value is -0.610. The molecule has 1 N–H and O–H groups in total. The molecule has 1 saturated carbocycles. The van der Waals surface area contributed by atoms with Gasteiger partial charge in [0.1, 0.15) is 5.54 Å². The number of rotatable bonds is 10. The third-order valence-electron chi connectivity index (χ3n) is 4.33. The number of hydrogen-bond donors (Lipinski definition) is 1. The number of hydrogen-bond acceptors (Lipinski definition) is 4. The van der Waals surface area contributed by atoms with Gasteiger partial charge in [0.2, 0.25) is 0 Å². The average molecular weight is 284 g/mol. The summed E-state index contributed by atoms with van der Waals surface area (Å²) in [5.41, 5.74) is -0.589. The van der Waals surface area contributed by atoms with Gasteiger partial charge in [-0.2, -0.15) is 0 Å². The van der Waals surface area contributed by atoms with Gasteiger partial charge in [0.25, 0.3) is 0 Å². The third kappa shape index (κ3) is 4.74. The summed E-state index contributed by atoms with van der Waals surface area (Å²) in [4.78, 5) is 14.7. The zero-order valence-corrected chi connectivity index (χ0v) is 13.9. The Morgan fingerprint density at radius 2 is 2.10 bits per heavy atom. The highest BCUT2D eigenvalue weighted by molar-refractivity contribution is 5.80. The lowest BCUT2D eigenvalue weighted by atomic mass is 9.92. The van der Waals surface area contributed by atoms with E-state index in [1.807, 2.05) is 20.9 Å². The maximum absolute atomic E-state index is 12.2. The lowest BCUT2D eigenvalue weighted by Crippen LogP contribution is -2.53. The van der Waals surface area contributed by atoms with Crippen LogP contribution in [0.1, 0.15) is 59.8 Å². The highest BCUT2D eigenvalue weighted by Gasteiger charge is 2.39. The highest BCUT2D eigenvalue weighted by atomic mass is 16.5. The average Bonchev–Trinajstić information content (AvgIpc) is 3.23. The molecule has 0 bridgehead atoms. The number of esters is 1. The minimum atomic E-state index is -0.589. The zero-order chi connectivity index (χ0) is 15.2. The van der Waals surface area contributed by atoms with Crippen molar-refractivity contribution in [2.75, 3.05) is 20.2 Å². The molecule has 4 nitrogen and oxygen atoms in total. The van der Waals surface area contributed by atoms with Crippen molar-refractivity contribution in [3.63, 3.8) is 0 Å². The molecule has 0 spiro atoms. The smallest absolute Gasteiger partial charge is 0.326 e. The van der Waals surface area contributed by atoms with Gasteiger partial charge in [-0.3, -0.25) is 9.69 Å². The predicted molar refractivity (Wildman–Crippen MR) is 82.8 cm³/mol. The number of carbonyl (C=O) groups excluding carboxylic acids is 1. The molecule has 0 saturated heterocycles. The molecule has 2 unspecified atom stereocenters. The second-order valence-corrected chi connectivity index (χ2v) is 6.18. The highest BCUT2D eigenvalue weighted by Crippen LogP contribution is 2.31. The Kier molecular flexibility index (Phi) is 6.96. The zero-order valence-electron chi connectivity index (χ0n) is 13.9. The molecule has 20 heavy (non-hydrogen) atoms. The number of likely N-dealkylation sites (N-methyl/N-ethyl adjacent to an activating group) is 1. The van der Waals surface area contributed by atoms with Crippen LogP contribution < -0.4 is 5.32 Å². The fourth-order valence-corrected chi connectivity index (χ4v) is 2.80. The molecule has 0 aromatic rings. The van der Waals surface area contributed by atoms with Crippen LogP contribution >= 0.6 is 0 Å². The van der Waals surface area contributed by atoms with E-state index in [2.05, 4.69) is 24.1 Å². The quantitative estimate of drug-likeness (QED) is 0.626. The van der Waals surface area contributed by atoms with Crippen molar-refractivity contribution in [1.82, 2.24) is 10.2 Å². The first-order chi connectivity index (χ1) is 9.48. The Morgan fingerprint density at radius 1 is 1.45 bits per heavy atom. The molecule has 2 atom stereocenters. The summed E-state index contributed by atoms with van der Waals surface area (Å²) >= 11 is 0. The van der Waals surface area contributed by atoms with Crippen molar-refractivity contribution in [2.45, 2.75) is 77.4 Å². The summed E-state index contributed by atoms with van der Waals surface area (Å²) in [5.74, 6) is -0.138. The van der Waals surface area contributed by atoms with Crippen LogP contribution in [0.15, 0.2) is 0 Å². The van der Waals surface area contributed by atoms with E-state index in [9.17, 15) is 4.79 Å². The van der Waals surface area contributed by atoms with Crippen molar-refractivity contribution < 1.29 is 9.53 Å². The van der Waals surface area contributed by atoms with Crippen LogP contribution in [-0.4, -0.2) is 48.7 Å². The summed E-state index contributed by atoms with van der Waals surface area (Å²) in [6.07, 6.45) is 5.86. The van der Waals surface area contributed by atoms with Crippen LogP contribution in [0.2, 0.25) is 0 Å². The third-order valence-corrected chi connectivity index (χ3v) is 4.33. The lowest BCUT2D eigenvalue weighted by Gasteiger charge is -2.35. The fourth-order valence-electron chi connectivity index (χ4n) is 2.80. The van der Waals surface area contributed by atoms with Crippen molar-refractivity contribution in [3.05, 3.63) is 0 Å². The Balaban J connectivity index is 2.63. The predicted octanol–water partition coefficient (Wildman–Crippen LogP) is 2.57. The number of carbonyl (C=O) groups is 1. The van der Waals surface area contributed by atoms with Crippen LogP contribution in [-0.2, 0) is 9.53 Å². The van der Waals surface area contributed by atoms with Gasteiger partial charge in [0, 0.05) is 12.1 Å².